The molecule has 1 unspecified atom stereocenters. The molecule has 1 aromatic heterocycles. The minimum Gasteiger partial charge on any atom is -0.493 e. The smallest absolute Gasteiger partial charge is 0.338 e. The average molecular weight is 731 g/mol. The number of carbonyl (C=O) groups is 2. The summed E-state index contributed by atoms with van der Waals surface area (Å²) in [6.07, 6.45) is 5.96. The third kappa shape index (κ3) is 7.31. The first kappa shape index (κ1) is 35.3. The lowest BCUT2D eigenvalue weighted by molar-refractivity contribution is -0.167. The molecular weight excluding hydrogens is 689 g/mol. The van der Waals surface area contributed by atoms with Gasteiger partial charge in [0.15, 0.2) is 11.5 Å². The fraction of sp³-hybridized carbons (Fsp3) is 0.375. The number of esters is 2. The predicted octanol–water partition coefficient (Wildman–Crippen LogP) is 7.12. The first-order valence-corrected chi connectivity index (χ1v) is 18.1. The number of rotatable bonds is 12. The number of ether oxygens (including phenoxy) is 4. The minimum absolute atomic E-state index is 0.0785. The fourth-order valence-electron chi connectivity index (χ4n) is 7.67. The summed E-state index contributed by atoms with van der Waals surface area (Å²) in [6.45, 7) is 3.38. The molecule has 0 radical (unpaired) electrons. The molecule has 3 saturated heterocycles. The van der Waals surface area contributed by atoms with E-state index in [1.807, 2.05) is 36.4 Å². The topological polar surface area (TPSA) is 99.2 Å². The molecule has 51 heavy (non-hydrogen) atoms. The lowest BCUT2D eigenvalue weighted by Gasteiger charge is -2.45. The number of halogens is 2. The summed E-state index contributed by atoms with van der Waals surface area (Å²) in [5.41, 5.74) is 3.77. The summed E-state index contributed by atoms with van der Waals surface area (Å²) in [7, 11) is 3.10. The molecular formula is C40H41Cl2N3O6. The van der Waals surface area contributed by atoms with E-state index in [0.717, 1.165) is 55.6 Å². The van der Waals surface area contributed by atoms with E-state index in [9.17, 15) is 9.59 Å². The summed E-state index contributed by atoms with van der Waals surface area (Å²) in [5, 5.41) is 4.35. The van der Waals surface area contributed by atoms with Crippen LogP contribution < -0.4 is 14.8 Å². The zero-order chi connectivity index (χ0) is 35.5. The summed E-state index contributed by atoms with van der Waals surface area (Å²) in [5.74, 6) is 0.741. The highest BCUT2D eigenvalue weighted by atomic mass is 35.5. The normalized spacial score (nSPS) is 22.5. The fourth-order valence-corrected chi connectivity index (χ4v) is 8.19. The molecule has 266 valence electrons. The van der Waals surface area contributed by atoms with E-state index in [0.29, 0.717) is 57.1 Å². The van der Waals surface area contributed by atoms with E-state index in [1.54, 1.807) is 38.5 Å². The zero-order valence-corrected chi connectivity index (χ0v) is 30.2. The van der Waals surface area contributed by atoms with Crippen molar-refractivity contribution in [1.29, 1.82) is 0 Å². The maximum absolute atomic E-state index is 14.1. The van der Waals surface area contributed by atoms with Crippen LogP contribution in [-0.2, 0) is 39.2 Å². The number of aryl methyl sites for hydroxylation is 1. The number of fused-ring (bicyclic) bond motifs is 4. The van der Waals surface area contributed by atoms with Crippen molar-refractivity contribution in [3.05, 3.63) is 123 Å². The SMILES string of the molecule is COc1ccc([C@H](Cc2c(Cl)cncc2Cl)OC(=O)c2ccc(CNC3(C(=O)O[C@H]4CN5CCC4CC5)CCc4ccccc43)cc2)cc1OC. The maximum Gasteiger partial charge on any atom is 0.338 e. The zero-order valence-electron chi connectivity index (χ0n) is 28.7. The predicted molar refractivity (Wildman–Crippen MR) is 194 cm³/mol. The molecule has 0 spiro atoms. The Morgan fingerprint density at radius 3 is 2.37 bits per heavy atom. The van der Waals surface area contributed by atoms with Crippen LogP contribution >= 0.6 is 23.2 Å². The Morgan fingerprint density at radius 1 is 0.961 bits per heavy atom. The molecule has 4 aromatic rings. The Hall–Kier alpha value is -4.15. The van der Waals surface area contributed by atoms with Crippen molar-refractivity contribution < 1.29 is 28.5 Å². The molecule has 0 amide bonds. The first-order chi connectivity index (χ1) is 24.8. The third-order valence-corrected chi connectivity index (χ3v) is 11.3. The molecule has 3 aliphatic heterocycles. The van der Waals surface area contributed by atoms with Crippen molar-refractivity contribution >= 4 is 35.1 Å². The van der Waals surface area contributed by atoms with E-state index in [2.05, 4.69) is 21.3 Å². The van der Waals surface area contributed by atoms with Gasteiger partial charge in [0, 0.05) is 31.9 Å². The second-order valence-electron chi connectivity index (χ2n) is 13.5. The lowest BCUT2D eigenvalue weighted by atomic mass is 9.85. The van der Waals surface area contributed by atoms with Gasteiger partial charge in [-0.25, -0.2) is 9.59 Å². The van der Waals surface area contributed by atoms with Gasteiger partial charge in [-0.1, -0.05) is 65.7 Å². The van der Waals surface area contributed by atoms with Gasteiger partial charge in [-0.2, -0.15) is 0 Å². The molecule has 3 atom stereocenters. The van der Waals surface area contributed by atoms with Crippen molar-refractivity contribution in [2.24, 2.45) is 5.92 Å². The van der Waals surface area contributed by atoms with Gasteiger partial charge in [0.1, 0.15) is 17.7 Å². The molecule has 4 aliphatic rings. The van der Waals surface area contributed by atoms with Gasteiger partial charge < -0.3 is 18.9 Å². The van der Waals surface area contributed by atoms with E-state index in [4.69, 9.17) is 42.1 Å². The number of hydrogen-bond acceptors (Lipinski definition) is 9. The van der Waals surface area contributed by atoms with Crippen LogP contribution in [0.5, 0.6) is 11.5 Å². The number of pyridine rings is 1. The van der Waals surface area contributed by atoms with E-state index in [-0.39, 0.29) is 18.5 Å². The summed E-state index contributed by atoms with van der Waals surface area (Å²) < 4.78 is 23.4. The van der Waals surface area contributed by atoms with Gasteiger partial charge in [0.05, 0.1) is 29.8 Å². The number of aromatic nitrogens is 1. The maximum atomic E-state index is 14.1. The highest BCUT2D eigenvalue weighted by Crippen LogP contribution is 2.40. The van der Waals surface area contributed by atoms with Crippen LogP contribution in [0.1, 0.15) is 63.5 Å². The highest BCUT2D eigenvalue weighted by molar-refractivity contribution is 6.35. The van der Waals surface area contributed by atoms with Crippen LogP contribution in [0.3, 0.4) is 0 Å². The Labute approximate surface area is 308 Å². The van der Waals surface area contributed by atoms with E-state index in [1.165, 1.54) is 12.4 Å². The standard InChI is InChI=1S/C40H41Cl2N3O6/c1-48-34-12-11-29(19-36(34)49-2)35(20-30-32(41)22-43-23-33(30)42)50-38(46)28-9-7-25(8-10-28)21-44-40(16-13-26-5-3-4-6-31(26)40)39(47)51-37-24-45-17-14-27(37)15-18-45/h3-12,19,22-23,27,35,37,44H,13-18,20-21,24H2,1-2H3/t35-,37-,40?/m0/s1. The van der Waals surface area contributed by atoms with Crippen LogP contribution in [0.2, 0.25) is 10.0 Å². The van der Waals surface area contributed by atoms with Crippen molar-refractivity contribution in [3.8, 4) is 11.5 Å². The number of piperidine rings is 3. The quantitative estimate of drug-likeness (QED) is 0.153. The third-order valence-electron chi connectivity index (χ3n) is 10.6. The number of methoxy groups -OCH3 is 2. The van der Waals surface area contributed by atoms with Crippen molar-refractivity contribution in [1.82, 2.24) is 15.2 Å². The molecule has 4 heterocycles. The van der Waals surface area contributed by atoms with Crippen LogP contribution in [0.4, 0.5) is 0 Å². The lowest BCUT2D eigenvalue weighted by Crippen LogP contribution is -2.55. The van der Waals surface area contributed by atoms with E-state index < -0.39 is 17.6 Å². The van der Waals surface area contributed by atoms with Crippen LogP contribution in [-0.4, -0.2) is 61.8 Å². The molecule has 8 rings (SSSR count). The number of nitrogens with zero attached hydrogens (tertiary/aromatic N) is 2. The van der Waals surface area contributed by atoms with Crippen molar-refractivity contribution in [2.75, 3.05) is 33.9 Å². The average Bonchev–Trinajstić information content (AvgIpc) is 3.55. The second-order valence-corrected chi connectivity index (χ2v) is 14.3. The number of hydrogen-bond donors (Lipinski definition) is 1. The highest BCUT2D eigenvalue weighted by Gasteiger charge is 2.48. The second kappa shape index (κ2) is 15.2. The first-order valence-electron chi connectivity index (χ1n) is 17.3. The van der Waals surface area contributed by atoms with E-state index >= 15 is 0 Å². The van der Waals surface area contributed by atoms with Gasteiger partial charge in [-0.15, -0.1) is 0 Å². The Morgan fingerprint density at radius 2 is 1.69 bits per heavy atom. The number of carbonyl (C=O) groups excluding carboxylic acids is 2. The Bertz CT molecular complexity index is 1880. The molecule has 11 heteroatoms. The summed E-state index contributed by atoms with van der Waals surface area (Å²) in [6, 6.07) is 20.7. The molecule has 3 fully saturated rings. The Kier molecular flexibility index (Phi) is 10.5. The molecule has 0 saturated carbocycles. The minimum atomic E-state index is -0.942. The molecule has 3 aromatic carbocycles. The molecule has 1 N–H and O–H groups in total. The van der Waals surface area contributed by atoms with Gasteiger partial charge in [0.25, 0.3) is 0 Å². The van der Waals surface area contributed by atoms with Gasteiger partial charge >= 0.3 is 11.9 Å². The molecule has 9 nitrogen and oxygen atoms in total. The van der Waals surface area contributed by atoms with Crippen molar-refractivity contribution in [3.63, 3.8) is 0 Å². The molecule has 1 aliphatic carbocycles. The number of nitrogens with one attached hydrogen (secondary N) is 1. The van der Waals surface area contributed by atoms with Gasteiger partial charge in [-0.3, -0.25) is 15.2 Å². The summed E-state index contributed by atoms with van der Waals surface area (Å²) in [4.78, 5) is 34.2. The van der Waals surface area contributed by atoms with Crippen LogP contribution in [0.25, 0.3) is 0 Å². The largest absolute Gasteiger partial charge is 0.493 e. The van der Waals surface area contributed by atoms with Gasteiger partial charge in [0.2, 0.25) is 0 Å². The molecule has 2 bridgehead atoms. The number of benzene rings is 3. The van der Waals surface area contributed by atoms with Gasteiger partial charge in [-0.05, 0) is 96.8 Å². The Balaban J connectivity index is 1.08. The monoisotopic (exact) mass is 729 g/mol. The van der Waals surface area contributed by atoms with Crippen LogP contribution in [0, 0.1) is 5.92 Å². The van der Waals surface area contributed by atoms with Crippen molar-refractivity contribution in [2.45, 2.75) is 56.4 Å². The van der Waals surface area contributed by atoms with Crippen LogP contribution in [0.15, 0.2) is 79.1 Å². The summed E-state index contributed by atoms with van der Waals surface area (Å²) >= 11 is 12.9.